The Hall–Kier alpha value is -2.37. The molecule has 0 heterocycles. The summed E-state index contributed by atoms with van der Waals surface area (Å²) in [4.78, 5) is 5.33. The van der Waals surface area contributed by atoms with Gasteiger partial charge in [-0.05, 0) is 22.8 Å². The minimum atomic E-state index is 0.129. The first-order valence-electron chi connectivity index (χ1n) is 10.1. The zero-order valence-electron chi connectivity index (χ0n) is 17.5. The second-order valence-corrected chi connectivity index (χ2v) is 8.68. The van der Waals surface area contributed by atoms with E-state index >= 15 is 0 Å². The maximum Gasteiger partial charge on any atom is 0.156 e. The number of rotatable bonds is 11. The van der Waals surface area contributed by atoms with Crippen LogP contribution >= 0.6 is 46.4 Å². The van der Waals surface area contributed by atoms with Crippen molar-refractivity contribution in [1.82, 2.24) is 0 Å². The predicted molar refractivity (Wildman–Crippen MR) is 136 cm³/mol. The van der Waals surface area contributed by atoms with Gasteiger partial charge in [0.1, 0.15) is 23.5 Å². The van der Waals surface area contributed by atoms with Crippen molar-refractivity contribution in [2.24, 2.45) is 5.16 Å². The molecule has 0 radical (unpaired) electrons. The molecule has 3 rings (SSSR count). The summed E-state index contributed by atoms with van der Waals surface area (Å²) >= 11 is 23.7. The van der Waals surface area contributed by atoms with Gasteiger partial charge in [-0.15, -0.1) is 0 Å². The lowest BCUT2D eigenvalue weighted by molar-refractivity contribution is 0.132. The maximum absolute atomic E-state index is 6.29. The summed E-state index contributed by atoms with van der Waals surface area (Å²) in [7, 11) is 0. The molecular formula is C25H21Cl4NO3. The van der Waals surface area contributed by atoms with Gasteiger partial charge in [0, 0.05) is 18.6 Å². The van der Waals surface area contributed by atoms with Crippen LogP contribution in [-0.4, -0.2) is 19.4 Å². The third kappa shape index (κ3) is 8.82. The molecule has 0 saturated heterocycles. The third-order valence-electron chi connectivity index (χ3n) is 4.43. The monoisotopic (exact) mass is 523 g/mol. The predicted octanol–water partition coefficient (Wildman–Crippen LogP) is 7.86. The van der Waals surface area contributed by atoms with Gasteiger partial charge < -0.3 is 14.3 Å². The van der Waals surface area contributed by atoms with Crippen LogP contribution in [-0.2, 0) is 17.9 Å². The van der Waals surface area contributed by atoms with E-state index < -0.39 is 0 Å². The second-order valence-electron chi connectivity index (χ2n) is 6.85. The van der Waals surface area contributed by atoms with Gasteiger partial charge in [-0.1, -0.05) is 106 Å². The highest BCUT2D eigenvalue weighted by Gasteiger charge is 2.11. The van der Waals surface area contributed by atoms with Crippen LogP contribution in [0.15, 0.2) is 82.5 Å². The first kappa shape index (κ1) is 25.3. The molecule has 0 spiro atoms. The summed E-state index contributed by atoms with van der Waals surface area (Å²) in [5.74, 6) is 0.907. The van der Waals surface area contributed by atoms with Crippen molar-refractivity contribution in [3.8, 4) is 11.5 Å². The fraction of sp³-hybridized carbons (Fsp3) is 0.160. The van der Waals surface area contributed by atoms with Gasteiger partial charge in [-0.25, -0.2) is 0 Å². The topological polar surface area (TPSA) is 40.0 Å². The normalized spacial score (nSPS) is 10.8. The standard InChI is InChI=1S/C25H21Cl4NO3/c26-22-14-21(31-13-11-24(28)29)15-23(27)25(22)32-12-10-18-6-8-19(9-7-18)16-30-33-17-20-4-2-1-3-5-20/h1-9,11,14-16H,10,12-13,17H2. The number of hydrogen-bond acceptors (Lipinski definition) is 4. The molecular weight excluding hydrogens is 504 g/mol. The average molecular weight is 525 g/mol. The fourth-order valence-electron chi connectivity index (χ4n) is 2.78. The lowest BCUT2D eigenvalue weighted by Gasteiger charge is -2.12. The number of halogens is 4. The van der Waals surface area contributed by atoms with E-state index in [0.29, 0.717) is 41.2 Å². The van der Waals surface area contributed by atoms with E-state index in [2.05, 4.69) is 5.16 Å². The van der Waals surface area contributed by atoms with E-state index in [9.17, 15) is 0 Å². The first-order chi connectivity index (χ1) is 16.0. The molecule has 0 amide bonds. The number of nitrogens with zero attached hydrogens (tertiary/aromatic N) is 1. The van der Waals surface area contributed by atoms with Crippen molar-refractivity contribution in [1.29, 1.82) is 0 Å². The summed E-state index contributed by atoms with van der Waals surface area (Å²) in [6.07, 6.45) is 3.89. The van der Waals surface area contributed by atoms with Crippen LogP contribution in [0.5, 0.6) is 11.5 Å². The molecule has 0 aliphatic heterocycles. The van der Waals surface area contributed by atoms with Crippen molar-refractivity contribution in [2.45, 2.75) is 13.0 Å². The van der Waals surface area contributed by atoms with Crippen LogP contribution in [0.4, 0.5) is 0 Å². The van der Waals surface area contributed by atoms with Gasteiger partial charge in [0.25, 0.3) is 0 Å². The van der Waals surface area contributed by atoms with E-state index in [1.165, 1.54) is 6.08 Å². The van der Waals surface area contributed by atoms with Gasteiger partial charge in [0.15, 0.2) is 5.75 Å². The van der Waals surface area contributed by atoms with Crippen molar-refractivity contribution < 1.29 is 14.3 Å². The van der Waals surface area contributed by atoms with Gasteiger partial charge in [-0.2, -0.15) is 0 Å². The lowest BCUT2D eigenvalue weighted by Crippen LogP contribution is -2.03. The first-order valence-corrected chi connectivity index (χ1v) is 11.6. The molecule has 0 atom stereocenters. The second kappa shape index (κ2) is 13.4. The summed E-state index contributed by atoms with van der Waals surface area (Å²) in [5, 5.41) is 4.74. The van der Waals surface area contributed by atoms with Crippen molar-refractivity contribution in [3.05, 3.63) is 104 Å². The molecule has 0 unspecified atom stereocenters. The number of benzene rings is 3. The van der Waals surface area contributed by atoms with E-state index in [0.717, 1.165) is 16.7 Å². The Morgan fingerprint density at radius 1 is 0.848 bits per heavy atom. The van der Waals surface area contributed by atoms with E-state index in [1.807, 2.05) is 54.6 Å². The SMILES string of the molecule is ClC(Cl)=CCOc1cc(Cl)c(OCCc2ccc(C=NOCc3ccccc3)cc2)c(Cl)c1. The lowest BCUT2D eigenvalue weighted by atomic mass is 10.1. The minimum absolute atomic E-state index is 0.129. The summed E-state index contributed by atoms with van der Waals surface area (Å²) in [6, 6.07) is 21.1. The Morgan fingerprint density at radius 3 is 2.21 bits per heavy atom. The average Bonchev–Trinajstić information content (AvgIpc) is 2.80. The van der Waals surface area contributed by atoms with Gasteiger partial charge in [0.05, 0.1) is 22.9 Å². The Balaban J connectivity index is 1.45. The van der Waals surface area contributed by atoms with Crippen molar-refractivity contribution in [2.75, 3.05) is 13.2 Å². The number of ether oxygens (including phenoxy) is 2. The minimum Gasteiger partial charge on any atom is -0.490 e. The number of hydrogen-bond donors (Lipinski definition) is 0. The summed E-state index contributed by atoms with van der Waals surface area (Å²) in [5.41, 5.74) is 3.12. The zero-order valence-corrected chi connectivity index (χ0v) is 20.5. The fourth-order valence-corrected chi connectivity index (χ4v) is 3.49. The molecule has 33 heavy (non-hydrogen) atoms. The molecule has 0 aromatic heterocycles. The molecule has 4 nitrogen and oxygen atoms in total. The highest BCUT2D eigenvalue weighted by atomic mass is 35.5. The molecule has 3 aromatic rings. The van der Waals surface area contributed by atoms with E-state index in [1.54, 1.807) is 18.3 Å². The molecule has 0 aliphatic rings. The van der Waals surface area contributed by atoms with Crippen LogP contribution in [0, 0.1) is 0 Å². The van der Waals surface area contributed by atoms with E-state index in [4.69, 9.17) is 60.7 Å². The maximum atomic E-state index is 6.29. The molecule has 3 aromatic carbocycles. The quantitative estimate of drug-likeness (QED) is 0.189. The summed E-state index contributed by atoms with van der Waals surface area (Å²) in [6.45, 7) is 1.05. The molecule has 172 valence electrons. The van der Waals surface area contributed by atoms with Crippen LogP contribution in [0.25, 0.3) is 0 Å². The van der Waals surface area contributed by atoms with E-state index in [-0.39, 0.29) is 11.1 Å². The van der Waals surface area contributed by atoms with Crippen molar-refractivity contribution in [3.63, 3.8) is 0 Å². The van der Waals surface area contributed by atoms with Gasteiger partial charge in [0.2, 0.25) is 0 Å². The van der Waals surface area contributed by atoms with Gasteiger partial charge >= 0.3 is 0 Å². The smallest absolute Gasteiger partial charge is 0.156 e. The molecule has 0 bridgehead atoms. The van der Waals surface area contributed by atoms with Crippen LogP contribution < -0.4 is 9.47 Å². The Labute approximate surface area is 213 Å². The van der Waals surface area contributed by atoms with Crippen molar-refractivity contribution >= 4 is 52.6 Å². The van der Waals surface area contributed by atoms with Crippen LogP contribution in [0.2, 0.25) is 10.0 Å². The molecule has 0 saturated carbocycles. The Morgan fingerprint density at radius 2 is 1.55 bits per heavy atom. The molecule has 0 N–H and O–H groups in total. The Kier molecular flexibility index (Phi) is 10.2. The third-order valence-corrected chi connectivity index (χ3v) is 5.30. The summed E-state index contributed by atoms with van der Waals surface area (Å²) < 4.78 is 11.4. The highest BCUT2D eigenvalue weighted by Crippen LogP contribution is 2.37. The Bertz CT molecular complexity index is 1060. The highest BCUT2D eigenvalue weighted by molar-refractivity contribution is 6.55. The number of oxime groups is 1. The largest absolute Gasteiger partial charge is 0.490 e. The van der Waals surface area contributed by atoms with Crippen LogP contribution in [0.3, 0.4) is 0 Å². The van der Waals surface area contributed by atoms with Gasteiger partial charge in [-0.3, -0.25) is 0 Å². The molecule has 0 fully saturated rings. The zero-order chi connectivity index (χ0) is 23.5. The molecule has 8 heteroatoms. The molecule has 0 aliphatic carbocycles. The van der Waals surface area contributed by atoms with Crippen LogP contribution in [0.1, 0.15) is 16.7 Å².